The van der Waals surface area contributed by atoms with Crippen molar-refractivity contribution >= 4 is 17.0 Å². The molecule has 0 radical (unpaired) electrons. The van der Waals surface area contributed by atoms with Gasteiger partial charge < -0.3 is 15.5 Å². The molecular weight excluding hydrogens is 326 g/mol. The Balaban J connectivity index is 0.000000948. The highest BCUT2D eigenvalue weighted by atomic mass is 15.4. The first-order valence-electron chi connectivity index (χ1n) is 9.65. The van der Waals surface area contributed by atoms with Crippen LogP contribution in [0.2, 0.25) is 0 Å². The normalized spacial score (nSPS) is 20.1. The maximum atomic E-state index is 5.93. The van der Waals surface area contributed by atoms with Crippen LogP contribution in [0.4, 0.5) is 5.95 Å². The van der Waals surface area contributed by atoms with E-state index in [2.05, 4.69) is 26.5 Å². The molecule has 2 N–H and O–H groups in total. The predicted octanol–water partition coefficient (Wildman–Crippen LogP) is 2.42. The third kappa shape index (κ3) is 3.61. The fraction of sp³-hybridized carbons (Fsp3) is 0.632. The Bertz CT molecular complexity index is 778. The molecule has 1 unspecified atom stereocenters. The third-order valence-corrected chi connectivity index (χ3v) is 5.20. The molecule has 0 bridgehead atoms. The van der Waals surface area contributed by atoms with Gasteiger partial charge in [-0.2, -0.15) is 10.1 Å². The molecule has 2 aromatic heterocycles. The largest absolute Gasteiger partial charge is 0.386 e. The summed E-state index contributed by atoms with van der Waals surface area (Å²) in [6.45, 7) is 12.5. The van der Waals surface area contributed by atoms with Crippen molar-refractivity contribution in [3.63, 3.8) is 0 Å². The van der Waals surface area contributed by atoms with Gasteiger partial charge in [-0.3, -0.25) is 4.68 Å². The zero-order chi connectivity index (χ0) is 18.8. The molecule has 1 aliphatic heterocycles. The fourth-order valence-corrected chi connectivity index (χ4v) is 3.65. The maximum absolute atomic E-state index is 5.93. The lowest BCUT2D eigenvalue weighted by Gasteiger charge is -2.42. The molecule has 1 aliphatic carbocycles. The van der Waals surface area contributed by atoms with Crippen molar-refractivity contribution in [1.82, 2.24) is 24.6 Å². The van der Waals surface area contributed by atoms with E-state index in [1.165, 1.54) is 19.3 Å². The summed E-state index contributed by atoms with van der Waals surface area (Å²) < 4.78 is 1.84. The van der Waals surface area contributed by atoms with E-state index < -0.39 is 0 Å². The van der Waals surface area contributed by atoms with Crippen LogP contribution >= 0.6 is 0 Å². The smallest absolute Gasteiger partial charge is 0.227 e. The minimum Gasteiger partial charge on any atom is -0.386 e. The summed E-state index contributed by atoms with van der Waals surface area (Å²) in [5.41, 5.74) is 7.79. The van der Waals surface area contributed by atoms with Gasteiger partial charge in [-0.25, -0.2) is 4.98 Å². The Hall–Kier alpha value is -2.31. The highest BCUT2D eigenvalue weighted by molar-refractivity contribution is 5.78. The SMILES string of the molecule is C=C(N)N1CCN(c2ncc3c(C)nn(C)c3n2)C(CC2CC2)C1.CC. The summed E-state index contributed by atoms with van der Waals surface area (Å²) in [7, 11) is 1.93. The van der Waals surface area contributed by atoms with Crippen molar-refractivity contribution in [3.05, 3.63) is 24.3 Å². The molecule has 0 aromatic carbocycles. The van der Waals surface area contributed by atoms with Crippen molar-refractivity contribution in [3.8, 4) is 0 Å². The Kier molecular flexibility index (Phi) is 5.34. The molecule has 1 saturated heterocycles. The summed E-state index contributed by atoms with van der Waals surface area (Å²) in [5.74, 6) is 2.30. The first-order chi connectivity index (χ1) is 12.5. The third-order valence-electron chi connectivity index (χ3n) is 5.20. The second-order valence-corrected chi connectivity index (χ2v) is 7.08. The first kappa shape index (κ1) is 18.5. The van der Waals surface area contributed by atoms with Gasteiger partial charge in [-0.15, -0.1) is 0 Å². The van der Waals surface area contributed by atoms with Gasteiger partial charge in [0.1, 0.15) is 0 Å². The monoisotopic (exact) mass is 357 g/mol. The Labute approximate surface area is 155 Å². The molecule has 26 heavy (non-hydrogen) atoms. The van der Waals surface area contributed by atoms with Crippen molar-refractivity contribution in [2.75, 3.05) is 24.5 Å². The van der Waals surface area contributed by atoms with Crippen LogP contribution in [0, 0.1) is 12.8 Å². The van der Waals surface area contributed by atoms with Crippen LogP contribution in [0.15, 0.2) is 18.6 Å². The van der Waals surface area contributed by atoms with Crippen molar-refractivity contribution in [1.29, 1.82) is 0 Å². The number of rotatable bonds is 4. The Morgan fingerprint density at radius 1 is 1.31 bits per heavy atom. The Morgan fingerprint density at radius 2 is 2.04 bits per heavy atom. The number of aryl methyl sites for hydroxylation is 2. The molecule has 7 nitrogen and oxygen atoms in total. The van der Waals surface area contributed by atoms with Crippen molar-refractivity contribution in [2.24, 2.45) is 18.7 Å². The zero-order valence-corrected chi connectivity index (χ0v) is 16.4. The van der Waals surface area contributed by atoms with Crippen LogP contribution in [-0.2, 0) is 7.05 Å². The topological polar surface area (TPSA) is 76.1 Å². The summed E-state index contributed by atoms with van der Waals surface area (Å²) in [6, 6.07) is 0.387. The second kappa shape index (κ2) is 7.51. The van der Waals surface area contributed by atoms with Gasteiger partial charge in [-0.05, 0) is 19.3 Å². The number of nitrogens with zero attached hydrogens (tertiary/aromatic N) is 6. The molecule has 2 fully saturated rings. The van der Waals surface area contributed by atoms with E-state index in [1.807, 2.05) is 38.7 Å². The molecule has 142 valence electrons. The second-order valence-electron chi connectivity index (χ2n) is 7.08. The lowest BCUT2D eigenvalue weighted by Crippen LogP contribution is -2.54. The van der Waals surface area contributed by atoms with Gasteiger partial charge in [0, 0.05) is 38.9 Å². The molecular formula is C19H31N7. The first-order valence-corrected chi connectivity index (χ1v) is 9.65. The van der Waals surface area contributed by atoms with E-state index in [0.717, 1.165) is 48.2 Å². The average Bonchev–Trinajstić information content (AvgIpc) is 3.41. The van der Waals surface area contributed by atoms with E-state index in [1.54, 1.807) is 0 Å². The fourth-order valence-electron chi connectivity index (χ4n) is 3.65. The van der Waals surface area contributed by atoms with Gasteiger partial charge in [0.2, 0.25) is 5.95 Å². The van der Waals surface area contributed by atoms with Gasteiger partial charge in [0.05, 0.1) is 16.9 Å². The minimum atomic E-state index is 0.387. The molecule has 1 atom stereocenters. The lowest BCUT2D eigenvalue weighted by molar-refractivity contribution is 0.260. The van der Waals surface area contributed by atoms with Gasteiger partial charge in [0.15, 0.2) is 5.65 Å². The van der Waals surface area contributed by atoms with Crippen LogP contribution in [0.25, 0.3) is 11.0 Å². The number of hydrogen-bond acceptors (Lipinski definition) is 6. The summed E-state index contributed by atoms with van der Waals surface area (Å²) in [5, 5.41) is 5.47. The summed E-state index contributed by atoms with van der Waals surface area (Å²) in [4.78, 5) is 14.0. The average molecular weight is 358 g/mol. The highest BCUT2D eigenvalue weighted by Gasteiger charge is 2.34. The van der Waals surface area contributed by atoms with Crippen molar-refractivity contribution < 1.29 is 0 Å². The zero-order valence-electron chi connectivity index (χ0n) is 16.4. The maximum Gasteiger partial charge on any atom is 0.227 e. The number of hydrogen-bond donors (Lipinski definition) is 1. The number of aromatic nitrogens is 4. The van der Waals surface area contributed by atoms with Crippen LogP contribution in [-0.4, -0.2) is 50.3 Å². The Morgan fingerprint density at radius 3 is 2.69 bits per heavy atom. The molecule has 1 saturated carbocycles. The lowest BCUT2D eigenvalue weighted by atomic mass is 10.1. The quantitative estimate of drug-likeness (QED) is 0.906. The molecule has 7 heteroatoms. The number of nitrogens with two attached hydrogens (primary N) is 1. The van der Waals surface area contributed by atoms with Crippen LogP contribution in [0.1, 0.15) is 38.8 Å². The van der Waals surface area contributed by atoms with Gasteiger partial charge in [-0.1, -0.05) is 33.3 Å². The minimum absolute atomic E-state index is 0.387. The summed E-state index contributed by atoms with van der Waals surface area (Å²) >= 11 is 0. The van der Waals surface area contributed by atoms with E-state index in [-0.39, 0.29) is 0 Å². The number of anilines is 1. The number of piperazine rings is 1. The molecule has 3 heterocycles. The van der Waals surface area contributed by atoms with Crippen LogP contribution < -0.4 is 10.6 Å². The van der Waals surface area contributed by atoms with Crippen LogP contribution in [0.5, 0.6) is 0 Å². The standard InChI is InChI=1S/C17H25N7.C2H6/c1-11-15-9-19-17(20-16(15)22(3)21-11)24-7-6-23(12(2)18)10-14(24)8-13-4-5-13;1-2/h9,13-14H,2,4-8,10,18H2,1,3H3;1-2H3. The van der Waals surface area contributed by atoms with Crippen molar-refractivity contribution in [2.45, 2.75) is 46.1 Å². The number of fused-ring (bicyclic) bond motifs is 1. The predicted molar refractivity (Wildman–Crippen MR) is 106 cm³/mol. The van der Waals surface area contributed by atoms with E-state index >= 15 is 0 Å². The molecule has 0 amide bonds. The van der Waals surface area contributed by atoms with Gasteiger partial charge in [0.25, 0.3) is 0 Å². The van der Waals surface area contributed by atoms with E-state index in [9.17, 15) is 0 Å². The molecule has 4 rings (SSSR count). The molecule has 2 aromatic rings. The van der Waals surface area contributed by atoms with Crippen LogP contribution in [0.3, 0.4) is 0 Å². The molecule has 0 spiro atoms. The van der Waals surface area contributed by atoms with E-state index in [0.29, 0.717) is 11.9 Å². The van der Waals surface area contributed by atoms with Gasteiger partial charge >= 0.3 is 0 Å². The summed E-state index contributed by atoms with van der Waals surface area (Å²) in [6.07, 6.45) is 5.77. The molecule has 2 aliphatic rings. The van der Waals surface area contributed by atoms with E-state index in [4.69, 9.17) is 10.7 Å². The highest BCUT2D eigenvalue weighted by Crippen LogP contribution is 2.36.